The first-order valence-corrected chi connectivity index (χ1v) is 10.2. The average molecular weight is 407 g/mol. The average Bonchev–Trinajstić information content (AvgIpc) is 3.27. The number of ether oxygens (including phenoxy) is 1. The highest BCUT2D eigenvalue weighted by Crippen LogP contribution is 2.29. The first kappa shape index (κ1) is 19.9. The molecule has 7 nitrogen and oxygen atoms in total. The molecule has 1 aliphatic rings. The van der Waals surface area contributed by atoms with Crippen LogP contribution in [0.2, 0.25) is 0 Å². The van der Waals surface area contributed by atoms with Gasteiger partial charge in [-0.15, -0.1) is 0 Å². The summed E-state index contributed by atoms with van der Waals surface area (Å²) in [5, 5.41) is 13.4. The number of amides is 1. The molecule has 30 heavy (non-hydrogen) atoms. The molecule has 0 bridgehead atoms. The summed E-state index contributed by atoms with van der Waals surface area (Å²) in [6.07, 6.45) is 2.64. The number of benzene rings is 2. The predicted molar refractivity (Wildman–Crippen MR) is 111 cm³/mol. The summed E-state index contributed by atoms with van der Waals surface area (Å²) in [6.45, 7) is 1.48. The van der Waals surface area contributed by atoms with E-state index in [1.165, 1.54) is 5.56 Å². The molecule has 1 amide bonds. The quantitative estimate of drug-likeness (QED) is 0.669. The third kappa shape index (κ3) is 4.62. The van der Waals surface area contributed by atoms with Gasteiger partial charge in [-0.05, 0) is 60.7 Å². The number of methoxy groups -OCH3 is 1. The molecule has 3 aromatic rings. The van der Waals surface area contributed by atoms with Crippen molar-refractivity contribution in [2.24, 2.45) is 0 Å². The van der Waals surface area contributed by atoms with Gasteiger partial charge in [0, 0.05) is 31.5 Å². The van der Waals surface area contributed by atoms with Gasteiger partial charge in [0.1, 0.15) is 11.5 Å². The third-order valence-corrected chi connectivity index (χ3v) is 5.58. The lowest BCUT2D eigenvalue weighted by molar-refractivity contribution is -0.132. The Morgan fingerprint density at radius 1 is 1.13 bits per heavy atom. The number of likely N-dealkylation sites (tertiary alicyclic amines) is 1. The number of aryl methyl sites for hydroxylation is 1. The Bertz CT molecular complexity index is 974. The van der Waals surface area contributed by atoms with Crippen molar-refractivity contribution < 1.29 is 19.2 Å². The number of carbonyl (C=O) groups excluding carboxylic acids is 1. The van der Waals surface area contributed by atoms with Crippen LogP contribution in [0.1, 0.15) is 36.6 Å². The van der Waals surface area contributed by atoms with Crippen molar-refractivity contribution in [2.75, 3.05) is 20.2 Å². The minimum Gasteiger partial charge on any atom is -0.508 e. The van der Waals surface area contributed by atoms with Gasteiger partial charge in [-0.1, -0.05) is 17.3 Å². The minimum atomic E-state index is 0.114. The number of aromatic hydroxyl groups is 1. The van der Waals surface area contributed by atoms with E-state index in [9.17, 15) is 9.90 Å². The van der Waals surface area contributed by atoms with Gasteiger partial charge >= 0.3 is 0 Å². The molecule has 7 heteroatoms. The summed E-state index contributed by atoms with van der Waals surface area (Å²) < 4.78 is 10.5. The summed E-state index contributed by atoms with van der Waals surface area (Å²) in [7, 11) is 1.62. The number of carbonyl (C=O) groups is 1. The van der Waals surface area contributed by atoms with E-state index in [2.05, 4.69) is 10.1 Å². The van der Waals surface area contributed by atoms with E-state index < -0.39 is 0 Å². The van der Waals surface area contributed by atoms with Crippen LogP contribution in [0.25, 0.3) is 11.4 Å². The summed E-state index contributed by atoms with van der Waals surface area (Å²) >= 11 is 0. The van der Waals surface area contributed by atoms with Crippen molar-refractivity contribution in [1.82, 2.24) is 15.0 Å². The van der Waals surface area contributed by atoms with Crippen molar-refractivity contribution >= 4 is 5.91 Å². The first-order valence-electron chi connectivity index (χ1n) is 10.2. The topological polar surface area (TPSA) is 88.7 Å². The summed E-state index contributed by atoms with van der Waals surface area (Å²) in [5.74, 6) is 2.56. The van der Waals surface area contributed by atoms with Gasteiger partial charge in [0.15, 0.2) is 0 Å². The Morgan fingerprint density at radius 2 is 1.83 bits per heavy atom. The molecule has 0 unspecified atom stereocenters. The lowest BCUT2D eigenvalue weighted by Gasteiger charge is -2.32. The fourth-order valence-corrected chi connectivity index (χ4v) is 3.79. The van der Waals surface area contributed by atoms with Gasteiger partial charge in [-0.25, -0.2) is 0 Å². The van der Waals surface area contributed by atoms with Crippen LogP contribution in [0.15, 0.2) is 53.1 Å². The molecule has 0 radical (unpaired) electrons. The Kier molecular flexibility index (Phi) is 5.97. The summed E-state index contributed by atoms with van der Waals surface area (Å²) in [5.41, 5.74) is 2.06. The zero-order chi connectivity index (χ0) is 20.9. The van der Waals surface area contributed by atoms with Crippen molar-refractivity contribution in [3.05, 3.63) is 60.0 Å². The Morgan fingerprint density at radius 3 is 2.50 bits per heavy atom. The molecule has 1 aromatic heterocycles. The predicted octanol–water partition coefficient (Wildman–Crippen LogP) is 3.79. The van der Waals surface area contributed by atoms with Crippen LogP contribution < -0.4 is 4.74 Å². The van der Waals surface area contributed by atoms with Gasteiger partial charge in [0.05, 0.1) is 7.11 Å². The number of phenols is 1. The molecule has 0 atom stereocenters. The van der Waals surface area contributed by atoms with E-state index in [1.807, 2.05) is 41.3 Å². The van der Waals surface area contributed by atoms with Gasteiger partial charge in [0.25, 0.3) is 0 Å². The van der Waals surface area contributed by atoms with Crippen molar-refractivity contribution in [3.8, 4) is 22.9 Å². The molecular formula is C23H25N3O4. The maximum absolute atomic E-state index is 12.6. The van der Waals surface area contributed by atoms with Crippen LogP contribution in [0.5, 0.6) is 11.5 Å². The molecule has 2 aromatic carbocycles. The smallest absolute Gasteiger partial charge is 0.227 e. The molecule has 0 aliphatic carbocycles. The molecule has 1 aliphatic heterocycles. The maximum Gasteiger partial charge on any atom is 0.227 e. The zero-order valence-corrected chi connectivity index (χ0v) is 17.0. The molecule has 2 heterocycles. The largest absolute Gasteiger partial charge is 0.508 e. The highest BCUT2D eigenvalue weighted by atomic mass is 16.5. The summed E-state index contributed by atoms with van der Waals surface area (Å²) in [6, 6.07) is 14.8. The second kappa shape index (κ2) is 8.98. The summed E-state index contributed by atoms with van der Waals surface area (Å²) in [4.78, 5) is 18.9. The second-order valence-corrected chi connectivity index (χ2v) is 7.49. The van der Waals surface area contributed by atoms with Crippen LogP contribution in [-0.2, 0) is 11.2 Å². The molecule has 1 N–H and O–H groups in total. The number of hydrogen-bond donors (Lipinski definition) is 1. The number of phenolic OH excluding ortho intramolecular Hbond substituents is 1. The third-order valence-electron chi connectivity index (χ3n) is 5.58. The van der Waals surface area contributed by atoms with E-state index in [-0.39, 0.29) is 11.7 Å². The monoisotopic (exact) mass is 407 g/mol. The highest BCUT2D eigenvalue weighted by Gasteiger charge is 2.24. The second-order valence-electron chi connectivity index (χ2n) is 7.49. The molecular weight excluding hydrogens is 382 g/mol. The Balaban J connectivity index is 1.27. The molecule has 0 spiro atoms. The number of nitrogens with zero attached hydrogens (tertiary/aromatic N) is 3. The number of hydrogen-bond acceptors (Lipinski definition) is 6. The standard InChI is InChI=1S/C23H25N3O4/c1-29-20-8-4-18(5-9-20)23-24-21(30-25-23)10-11-22(28)26-14-12-17(13-15-26)16-2-6-19(27)7-3-16/h2-9,17,27H,10-15H2,1H3. The Labute approximate surface area is 175 Å². The fraction of sp³-hybridized carbons (Fsp3) is 0.348. The maximum atomic E-state index is 12.6. The lowest BCUT2D eigenvalue weighted by atomic mass is 9.89. The lowest BCUT2D eigenvalue weighted by Crippen LogP contribution is -2.38. The molecule has 156 valence electrons. The van der Waals surface area contributed by atoms with Gasteiger partial charge in [-0.3, -0.25) is 4.79 Å². The van der Waals surface area contributed by atoms with Gasteiger partial charge in [0.2, 0.25) is 17.6 Å². The molecule has 1 saturated heterocycles. The van der Waals surface area contributed by atoms with Crippen LogP contribution >= 0.6 is 0 Å². The molecule has 4 rings (SSSR count). The van der Waals surface area contributed by atoms with Crippen LogP contribution in [0, 0.1) is 0 Å². The highest BCUT2D eigenvalue weighted by molar-refractivity contribution is 5.76. The van der Waals surface area contributed by atoms with Crippen LogP contribution in [-0.4, -0.2) is 46.3 Å². The van der Waals surface area contributed by atoms with E-state index in [0.29, 0.717) is 30.5 Å². The normalized spacial score (nSPS) is 14.6. The Hall–Kier alpha value is -3.35. The van der Waals surface area contributed by atoms with E-state index in [0.717, 1.165) is 37.2 Å². The minimum absolute atomic E-state index is 0.114. The van der Waals surface area contributed by atoms with E-state index >= 15 is 0 Å². The van der Waals surface area contributed by atoms with Gasteiger partial charge < -0.3 is 19.3 Å². The number of rotatable bonds is 6. The van der Waals surface area contributed by atoms with Crippen molar-refractivity contribution in [2.45, 2.75) is 31.6 Å². The zero-order valence-electron chi connectivity index (χ0n) is 17.0. The number of aromatic nitrogens is 2. The van der Waals surface area contributed by atoms with Crippen molar-refractivity contribution in [1.29, 1.82) is 0 Å². The molecule has 1 fully saturated rings. The van der Waals surface area contributed by atoms with Gasteiger partial charge in [-0.2, -0.15) is 4.98 Å². The van der Waals surface area contributed by atoms with Crippen LogP contribution in [0.4, 0.5) is 0 Å². The SMILES string of the molecule is COc1ccc(-c2noc(CCC(=O)N3CCC(c4ccc(O)cc4)CC3)n2)cc1. The number of piperidine rings is 1. The molecule has 0 saturated carbocycles. The van der Waals surface area contributed by atoms with E-state index in [1.54, 1.807) is 19.2 Å². The van der Waals surface area contributed by atoms with Crippen LogP contribution in [0.3, 0.4) is 0 Å². The fourth-order valence-electron chi connectivity index (χ4n) is 3.79. The first-order chi connectivity index (χ1) is 14.6. The van der Waals surface area contributed by atoms with E-state index in [4.69, 9.17) is 9.26 Å². The van der Waals surface area contributed by atoms with Crippen molar-refractivity contribution in [3.63, 3.8) is 0 Å².